The summed E-state index contributed by atoms with van der Waals surface area (Å²) in [6.45, 7) is 10.2. The van der Waals surface area contributed by atoms with Crippen molar-refractivity contribution >= 4 is 0 Å². The van der Waals surface area contributed by atoms with Crippen LogP contribution < -0.4 is 9.47 Å². The van der Waals surface area contributed by atoms with E-state index in [1.54, 1.807) is 0 Å². The van der Waals surface area contributed by atoms with Crippen molar-refractivity contribution in [2.45, 2.75) is 174 Å². The largest absolute Gasteiger partial charge is 0.493 e. The van der Waals surface area contributed by atoms with Gasteiger partial charge < -0.3 is 9.47 Å². The van der Waals surface area contributed by atoms with Gasteiger partial charge in [0, 0.05) is 6.07 Å². The molecule has 38 heavy (non-hydrogen) atoms. The highest BCUT2D eigenvalue weighted by Crippen LogP contribution is 2.25. The Hall–Kier alpha value is -1.18. The van der Waals surface area contributed by atoms with Crippen LogP contribution in [-0.2, 0) is 6.42 Å². The average Bonchev–Trinajstić information content (AvgIpc) is 2.93. The fraction of sp³-hybridized carbons (Fsp3) is 0.806. The molecule has 0 aromatic heterocycles. The van der Waals surface area contributed by atoms with Crippen LogP contribution in [0.3, 0.4) is 0 Å². The van der Waals surface area contributed by atoms with Crippen LogP contribution in [0.4, 0.5) is 0 Å². The second-order valence-corrected chi connectivity index (χ2v) is 11.5. The highest BCUT2D eigenvalue weighted by Gasteiger charge is 2.05. The molecule has 1 aromatic rings. The van der Waals surface area contributed by atoms with Crippen molar-refractivity contribution in [3.63, 3.8) is 0 Å². The lowest BCUT2D eigenvalue weighted by atomic mass is 10.1. The summed E-state index contributed by atoms with van der Waals surface area (Å²) in [7, 11) is 0. The Kier molecular flexibility index (Phi) is 25.1. The van der Waals surface area contributed by atoms with Crippen molar-refractivity contribution in [2.75, 3.05) is 13.2 Å². The van der Waals surface area contributed by atoms with E-state index >= 15 is 0 Å². The smallest absolute Gasteiger partial charge is 0.123 e. The Morgan fingerprint density at radius 2 is 0.789 bits per heavy atom. The van der Waals surface area contributed by atoms with Gasteiger partial charge in [-0.2, -0.15) is 0 Å². The SMILES string of the molecule is [CH2]CCCc1cc(OCCCCCCCCCCCCC)cc(OCCCCCCCCCCCCC)c1. The van der Waals surface area contributed by atoms with Crippen LogP contribution >= 0.6 is 0 Å². The number of hydrogen-bond donors (Lipinski definition) is 0. The summed E-state index contributed by atoms with van der Waals surface area (Å²) in [6.07, 6.45) is 33.1. The lowest BCUT2D eigenvalue weighted by molar-refractivity contribution is 0.289. The summed E-state index contributed by atoms with van der Waals surface area (Å²) < 4.78 is 12.3. The number of benzene rings is 1. The fourth-order valence-corrected chi connectivity index (χ4v) is 5.18. The van der Waals surface area contributed by atoms with Gasteiger partial charge in [-0.15, -0.1) is 0 Å². The zero-order chi connectivity index (χ0) is 27.4. The standard InChI is InChI=1S/C36H65O2/c1-4-7-10-12-14-16-18-20-22-24-26-29-37-35-31-34(28-9-6-3)32-36(33-35)38-30-27-25-23-21-19-17-15-13-11-8-5-2/h31-33H,3-30H2,1-2H3. The normalized spacial score (nSPS) is 11.2. The van der Waals surface area contributed by atoms with Gasteiger partial charge in [0.1, 0.15) is 11.5 Å². The van der Waals surface area contributed by atoms with Crippen molar-refractivity contribution in [1.29, 1.82) is 0 Å². The first-order valence-electron chi connectivity index (χ1n) is 17.0. The molecule has 1 rings (SSSR count). The summed E-state index contributed by atoms with van der Waals surface area (Å²) in [5.41, 5.74) is 1.32. The van der Waals surface area contributed by atoms with Gasteiger partial charge >= 0.3 is 0 Å². The predicted molar refractivity (Wildman–Crippen MR) is 169 cm³/mol. The highest BCUT2D eigenvalue weighted by atomic mass is 16.5. The molecule has 221 valence electrons. The van der Waals surface area contributed by atoms with Crippen LogP contribution in [0.5, 0.6) is 11.5 Å². The molecule has 0 atom stereocenters. The lowest BCUT2D eigenvalue weighted by Gasteiger charge is -2.13. The van der Waals surface area contributed by atoms with Gasteiger partial charge in [-0.25, -0.2) is 0 Å². The van der Waals surface area contributed by atoms with E-state index in [4.69, 9.17) is 9.47 Å². The first-order valence-corrected chi connectivity index (χ1v) is 17.0. The van der Waals surface area contributed by atoms with Gasteiger partial charge in [0.25, 0.3) is 0 Å². The minimum atomic E-state index is 0.813. The maximum absolute atomic E-state index is 6.17. The van der Waals surface area contributed by atoms with Gasteiger partial charge in [0.05, 0.1) is 13.2 Å². The third kappa shape index (κ3) is 21.7. The van der Waals surface area contributed by atoms with Gasteiger partial charge in [-0.05, 0) is 43.4 Å². The Morgan fingerprint density at radius 1 is 0.447 bits per heavy atom. The van der Waals surface area contributed by atoms with Gasteiger partial charge in [0.2, 0.25) is 0 Å². The minimum Gasteiger partial charge on any atom is -0.493 e. The van der Waals surface area contributed by atoms with Crippen LogP contribution in [0.15, 0.2) is 18.2 Å². The molecule has 0 aliphatic heterocycles. The molecule has 1 radical (unpaired) electrons. The van der Waals surface area contributed by atoms with Gasteiger partial charge in [0.15, 0.2) is 0 Å². The highest BCUT2D eigenvalue weighted by molar-refractivity contribution is 5.38. The van der Waals surface area contributed by atoms with Crippen LogP contribution in [0.1, 0.15) is 174 Å². The van der Waals surface area contributed by atoms with Crippen molar-refractivity contribution in [1.82, 2.24) is 0 Å². The Balaban J connectivity index is 2.17. The molecule has 0 saturated heterocycles. The van der Waals surface area contributed by atoms with E-state index < -0.39 is 0 Å². The molecule has 0 saturated carbocycles. The maximum atomic E-state index is 6.17. The molecular formula is C36H65O2. The summed E-state index contributed by atoms with van der Waals surface area (Å²) in [5.74, 6) is 1.96. The number of unbranched alkanes of at least 4 members (excludes halogenated alkanes) is 21. The maximum Gasteiger partial charge on any atom is 0.123 e. The fourth-order valence-electron chi connectivity index (χ4n) is 5.18. The molecule has 2 nitrogen and oxygen atoms in total. The van der Waals surface area contributed by atoms with Crippen molar-refractivity contribution in [3.8, 4) is 11.5 Å². The Morgan fingerprint density at radius 3 is 1.13 bits per heavy atom. The van der Waals surface area contributed by atoms with E-state index in [-0.39, 0.29) is 0 Å². The molecule has 0 N–H and O–H groups in total. The zero-order valence-corrected chi connectivity index (χ0v) is 25.8. The molecule has 0 heterocycles. The predicted octanol–water partition coefficient (Wildman–Crippen LogP) is 12.2. The number of aryl methyl sites for hydroxylation is 1. The van der Waals surface area contributed by atoms with E-state index in [0.717, 1.165) is 56.8 Å². The van der Waals surface area contributed by atoms with Crippen molar-refractivity contribution < 1.29 is 9.47 Å². The van der Waals surface area contributed by atoms with E-state index in [9.17, 15) is 0 Å². The van der Waals surface area contributed by atoms with Gasteiger partial charge in [-0.1, -0.05) is 156 Å². The molecule has 0 bridgehead atoms. The quantitative estimate of drug-likeness (QED) is 0.0960. The molecule has 2 heteroatoms. The van der Waals surface area contributed by atoms with Crippen molar-refractivity contribution in [2.24, 2.45) is 0 Å². The van der Waals surface area contributed by atoms with Gasteiger partial charge in [-0.3, -0.25) is 0 Å². The molecule has 0 fully saturated rings. The van der Waals surface area contributed by atoms with Crippen LogP contribution in [0, 0.1) is 6.92 Å². The van der Waals surface area contributed by atoms with E-state index in [0.29, 0.717) is 0 Å². The first-order chi connectivity index (χ1) is 18.8. The topological polar surface area (TPSA) is 18.5 Å². The third-order valence-corrected chi connectivity index (χ3v) is 7.69. The lowest BCUT2D eigenvalue weighted by Crippen LogP contribution is -2.01. The second kappa shape index (κ2) is 27.4. The summed E-state index contributed by atoms with van der Waals surface area (Å²) in [5, 5.41) is 0. The molecule has 0 aliphatic carbocycles. The monoisotopic (exact) mass is 529 g/mol. The Bertz CT molecular complexity index is 565. The third-order valence-electron chi connectivity index (χ3n) is 7.69. The molecule has 0 amide bonds. The molecule has 0 unspecified atom stereocenters. The van der Waals surface area contributed by atoms with E-state index in [1.807, 2.05) is 0 Å². The van der Waals surface area contributed by atoms with Crippen molar-refractivity contribution in [3.05, 3.63) is 30.7 Å². The summed E-state index contributed by atoms with van der Waals surface area (Å²) in [4.78, 5) is 0. The van der Waals surface area contributed by atoms with Crippen LogP contribution in [0.25, 0.3) is 0 Å². The first kappa shape index (κ1) is 34.8. The second-order valence-electron chi connectivity index (χ2n) is 11.5. The molecular weight excluding hydrogens is 464 g/mol. The number of rotatable bonds is 29. The van der Waals surface area contributed by atoms with Crippen LogP contribution in [-0.4, -0.2) is 13.2 Å². The summed E-state index contributed by atoms with van der Waals surface area (Å²) >= 11 is 0. The average molecular weight is 530 g/mol. The van der Waals surface area contributed by atoms with Crippen LogP contribution in [0.2, 0.25) is 0 Å². The number of ether oxygens (including phenoxy) is 2. The zero-order valence-electron chi connectivity index (χ0n) is 25.8. The number of hydrogen-bond acceptors (Lipinski definition) is 2. The molecule has 0 aliphatic rings. The van der Waals surface area contributed by atoms with E-state index in [1.165, 1.54) is 134 Å². The summed E-state index contributed by atoms with van der Waals surface area (Å²) in [6, 6.07) is 6.53. The molecule has 0 spiro atoms. The minimum absolute atomic E-state index is 0.813. The van der Waals surface area contributed by atoms with E-state index in [2.05, 4.69) is 39.0 Å². The Labute approximate surface area is 239 Å². The molecule has 1 aromatic carbocycles.